The first-order chi connectivity index (χ1) is 16.3. The highest BCUT2D eigenvalue weighted by atomic mass is 32.2. The third-order valence-electron chi connectivity index (χ3n) is 4.98. The number of amides is 2. The maximum Gasteiger partial charge on any atom is 0.341 e. The molecule has 180 valence electrons. The second-order valence-corrected chi connectivity index (χ2v) is 9.08. The van der Waals surface area contributed by atoms with Gasteiger partial charge in [0.15, 0.2) is 5.16 Å². The van der Waals surface area contributed by atoms with Crippen molar-refractivity contribution in [2.75, 3.05) is 25.3 Å². The highest BCUT2D eigenvalue weighted by Crippen LogP contribution is 2.33. The number of carbonyl (C=O) groups is 3. The number of aromatic nitrogens is 3. The van der Waals surface area contributed by atoms with Crippen LogP contribution in [0.1, 0.15) is 43.9 Å². The molecule has 0 aliphatic carbocycles. The maximum atomic E-state index is 12.6. The van der Waals surface area contributed by atoms with Crippen molar-refractivity contribution < 1.29 is 23.9 Å². The Labute approximate surface area is 204 Å². The summed E-state index contributed by atoms with van der Waals surface area (Å²) in [7, 11) is 2.85. The van der Waals surface area contributed by atoms with Crippen molar-refractivity contribution in [2.24, 2.45) is 5.73 Å². The molecule has 34 heavy (non-hydrogen) atoms. The van der Waals surface area contributed by atoms with Crippen LogP contribution in [0.15, 0.2) is 29.4 Å². The molecular weight excluding hydrogens is 478 g/mol. The third-order valence-corrected chi connectivity index (χ3v) is 7.16. The minimum Gasteiger partial charge on any atom is -0.497 e. The van der Waals surface area contributed by atoms with Gasteiger partial charge in [-0.05, 0) is 37.1 Å². The SMILES string of the molecule is CCn1c(Cc2ccc(OC)cc2)nnc1SCC(=O)Nc1sc(C(N)=O)c(C)c1C(=O)OC. The van der Waals surface area contributed by atoms with Crippen LogP contribution in [0.2, 0.25) is 0 Å². The van der Waals surface area contributed by atoms with Crippen LogP contribution in [-0.4, -0.2) is 52.5 Å². The lowest BCUT2D eigenvalue weighted by Gasteiger charge is -2.08. The van der Waals surface area contributed by atoms with Crippen LogP contribution < -0.4 is 15.8 Å². The van der Waals surface area contributed by atoms with E-state index in [0.29, 0.717) is 23.7 Å². The summed E-state index contributed by atoms with van der Waals surface area (Å²) in [5.74, 6) is -0.106. The van der Waals surface area contributed by atoms with Crippen molar-refractivity contribution in [3.8, 4) is 5.75 Å². The molecule has 0 atom stereocenters. The van der Waals surface area contributed by atoms with Crippen molar-refractivity contribution in [2.45, 2.75) is 32.0 Å². The van der Waals surface area contributed by atoms with Crippen molar-refractivity contribution in [3.63, 3.8) is 0 Å². The van der Waals surface area contributed by atoms with E-state index in [9.17, 15) is 14.4 Å². The Morgan fingerprint density at radius 3 is 2.47 bits per heavy atom. The van der Waals surface area contributed by atoms with Crippen molar-refractivity contribution in [3.05, 3.63) is 51.7 Å². The van der Waals surface area contributed by atoms with E-state index in [1.807, 2.05) is 35.8 Å². The number of nitrogens with one attached hydrogen (secondary N) is 1. The highest BCUT2D eigenvalue weighted by molar-refractivity contribution is 7.99. The molecule has 10 nitrogen and oxygen atoms in total. The predicted octanol–water partition coefficient (Wildman–Crippen LogP) is 2.88. The van der Waals surface area contributed by atoms with Gasteiger partial charge in [0.05, 0.1) is 30.4 Å². The number of primary amides is 1. The Balaban J connectivity index is 1.70. The van der Waals surface area contributed by atoms with Crippen molar-refractivity contribution >= 4 is 45.9 Å². The number of thioether (sulfide) groups is 1. The number of nitrogens with two attached hydrogens (primary N) is 1. The topological polar surface area (TPSA) is 138 Å². The highest BCUT2D eigenvalue weighted by Gasteiger charge is 2.25. The van der Waals surface area contributed by atoms with Crippen LogP contribution in [0.5, 0.6) is 5.75 Å². The quantitative estimate of drug-likeness (QED) is 0.318. The van der Waals surface area contributed by atoms with Crippen LogP contribution in [0.4, 0.5) is 5.00 Å². The fourth-order valence-corrected chi connectivity index (χ4v) is 5.16. The zero-order valence-corrected chi connectivity index (χ0v) is 20.8. The number of anilines is 1. The minimum atomic E-state index is -0.678. The lowest BCUT2D eigenvalue weighted by atomic mass is 10.1. The van der Waals surface area contributed by atoms with Gasteiger partial charge in [0.25, 0.3) is 5.91 Å². The summed E-state index contributed by atoms with van der Waals surface area (Å²) in [6.45, 7) is 4.20. The van der Waals surface area contributed by atoms with Gasteiger partial charge in [-0.1, -0.05) is 23.9 Å². The zero-order valence-electron chi connectivity index (χ0n) is 19.2. The van der Waals surface area contributed by atoms with Crippen LogP contribution >= 0.6 is 23.1 Å². The molecule has 3 aromatic rings. The molecule has 0 aliphatic rings. The lowest BCUT2D eigenvalue weighted by molar-refractivity contribution is -0.113. The standard InChI is InChI=1S/C22H25N5O5S2/c1-5-27-15(10-13-6-8-14(31-3)9-7-13)25-26-22(27)33-11-16(28)24-20-17(21(30)32-4)12(2)18(34-20)19(23)29/h6-9H,5,10-11H2,1-4H3,(H2,23,29)(H,24,28). The second-order valence-electron chi connectivity index (χ2n) is 7.12. The van der Waals surface area contributed by atoms with Crippen LogP contribution in [-0.2, 0) is 22.5 Å². The molecule has 0 unspecified atom stereocenters. The predicted molar refractivity (Wildman–Crippen MR) is 130 cm³/mol. The molecular formula is C22H25N5O5S2. The first-order valence-corrected chi connectivity index (χ1v) is 12.1. The normalized spacial score (nSPS) is 10.7. The minimum absolute atomic E-state index is 0.0319. The van der Waals surface area contributed by atoms with E-state index < -0.39 is 11.9 Å². The van der Waals surface area contributed by atoms with Crippen LogP contribution in [0, 0.1) is 6.92 Å². The number of ether oxygens (including phenoxy) is 2. The number of hydrogen-bond donors (Lipinski definition) is 2. The summed E-state index contributed by atoms with van der Waals surface area (Å²) >= 11 is 2.17. The van der Waals surface area contributed by atoms with Gasteiger partial charge in [0.2, 0.25) is 5.91 Å². The van der Waals surface area contributed by atoms with E-state index in [1.165, 1.54) is 18.9 Å². The summed E-state index contributed by atoms with van der Waals surface area (Å²) in [5, 5.41) is 12.0. The molecule has 3 rings (SSSR count). The van der Waals surface area contributed by atoms with Crippen LogP contribution in [0.3, 0.4) is 0 Å². The van der Waals surface area contributed by atoms with Gasteiger partial charge in [-0.15, -0.1) is 21.5 Å². The van der Waals surface area contributed by atoms with Gasteiger partial charge in [-0.3, -0.25) is 9.59 Å². The molecule has 0 radical (unpaired) electrons. The zero-order chi connectivity index (χ0) is 24.8. The molecule has 2 heterocycles. The summed E-state index contributed by atoms with van der Waals surface area (Å²) in [6, 6.07) is 7.72. The molecule has 0 aliphatic heterocycles. The summed E-state index contributed by atoms with van der Waals surface area (Å²) in [4.78, 5) is 36.7. The molecule has 2 amide bonds. The summed E-state index contributed by atoms with van der Waals surface area (Å²) in [6.07, 6.45) is 0.588. The van der Waals surface area contributed by atoms with E-state index in [-0.39, 0.29) is 27.1 Å². The molecule has 3 N–H and O–H groups in total. The third kappa shape index (κ3) is 5.57. The smallest absolute Gasteiger partial charge is 0.341 e. The van der Waals surface area contributed by atoms with E-state index in [1.54, 1.807) is 14.0 Å². The molecule has 0 saturated carbocycles. The van der Waals surface area contributed by atoms with E-state index in [4.69, 9.17) is 15.2 Å². The summed E-state index contributed by atoms with van der Waals surface area (Å²) < 4.78 is 11.9. The average Bonchev–Trinajstić information content (AvgIpc) is 3.37. The van der Waals surface area contributed by atoms with Crippen molar-refractivity contribution in [1.82, 2.24) is 14.8 Å². The van der Waals surface area contributed by atoms with Crippen LogP contribution in [0.25, 0.3) is 0 Å². The van der Waals surface area contributed by atoms with Gasteiger partial charge in [0, 0.05) is 13.0 Å². The largest absolute Gasteiger partial charge is 0.497 e. The first kappa shape index (κ1) is 25.2. The van der Waals surface area contributed by atoms with Gasteiger partial charge in [-0.25, -0.2) is 4.79 Å². The number of methoxy groups -OCH3 is 2. The van der Waals surface area contributed by atoms with E-state index in [0.717, 1.165) is 28.5 Å². The van der Waals surface area contributed by atoms with Crippen molar-refractivity contribution in [1.29, 1.82) is 0 Å². The van der Waals surface area contributed by atoms with E-state index >= 15 is 0 Å². The lowest BCUT2D eigenvalue weighted by Crippen LogP contribution is -2.16. The fraction of sp³-hybridized carbons (Fsp3) is 0.318. The Kier molecular flexibility index (Phi) is 8.29. The number of nitrogens with zero attached hydrogens (tertiary/aromatic N) is 3. The Morgan fingerprint density at radius 1 is 1.18 bits per heavy atom. The molecule has 0 fully saturated rings. The fourth-order valence-electron chi connectivity index (χ4n) is 3.28. The number of benzene rings is 1. The number of rotatable bonds is 10. The molecule has 12 heteroatoms. The molecule has 0 spiro atoms. The Morgan fingerprint density at radius 2 is 1.88 bits per heavy atom. The number of esters is 1. The number of hydrogen-bond acceptors (Lipinski definition) is 9. The molecule has 0 bridgehead atoms. The Hall–Kier alpha value is -3.38. The molecule has 2 aromatic heterocycles. The first-order valence-electron chi connectivity index (χ1n) is 10.3. The maximum absolute atomic E-state index is 12.6. The number of thiophene rings is 1. The van der Waals surface area contributed by atoms with Gasteiger partial charge >= 0.3 is 5.97 Å². The Bertz CT molecular complexity index is 1200. The molecule has 1 aromatic carbocycles. The average molecular weight is 504 g/mol. The second kappa shape index (κ2) is 11.2. The monoisotopic (exact) mass is 503 g/mol. The summed E-state index contributed by atoms with van der Waals surface area (Å²) in [5.41, 5.74) is 6.95. The number of carbonyl (C=O) groups excluding carboxylic acids is 3. The van der Waals surface area contributed by atoms with Gasteiger partial charge < -0.3 is 25.1 Å². The van der Waals surface area contributed by atoms with E-state index in [2.05, 4.69) is 15.5 Å². The molecule has 0 saturated heterocycles. The van der Waals surface area contributed by atoms with Gasteiger partial charge in [0.1, 0.15) is 16.6 Å². The van der Waals surface area contributed by atoms with Gasteiger partial charge in [-0.2, -0.15) is 0 Å².